The number of carbonyl (C=O) groups is 1. The van der Waals surface area contributed by atoms with Crippen LogP contribution in [0.15, 0.2) is 83.1 Å². The normalized spacial score (nSPS) is 17.9. The van der Waals surface area contributed by atoms with Crippen molar-refractivity contribution in [2.75, 3.05) is 5.75 Å². The number of hydrogen-bond acceptors (Lipinski definition) is 5. The van der Waals surface area contributed by atoms with Gasteiger partial charge in [-0.15, -0.1) is 10.2 Å². The predicted molar refractivity (Wildman–Crippen MR) is 135 cm³/mol. The molecule has 2 heterocycles. The number of nitrogens with zero attached hydrogens (tertiary/aromatic N) is 5. The molecule has 2 aliphatic rings. The number of rotatable bonds is 6. The Hall–Kier alpha value is -3.45. The van der Waals surface area contributed by atoms with E-state index in [0.717, 1.165) is 27.8 Å². The lowest BCUT2D eigenvalue weighted by atomic mass is 9.97. The first-order valence-electron chi connectivity index (χ1n) is 11.6. The molecule has 0 saturated heterocycles. The van der Waals surface area contributed by atoms with Crippen molar-refractivity contribution in [2.24, 2.45) is 12.1 Å². The fourth-order valence-corrected chi connectivity index (χ4v) is 5.33. The molecule has 3 aromatic carbocycles. The van der Waals surface area contributed by atoms with E-state index in [-0.39, 0.29) is 17.7 Å². The number of hydrazone groups is 1. The molecule has 0 N–H and O–H groups in total. The van der Waals surface area contributed by atoms with E-state index < -0.39 is 0 Å². The number of thioether (sulfide) groups is 1. The highest BCUT2D eigenvalue weighted by molar-refractivity contribution is 7.99. The van der Waals surface area contributed by atoms with E-state index in [2.05, 4.69) is 52.7 Å². The van der Waals surface area contributed by atoms with Gasteiger partial charge in [-0.1, -0.05) is 78.5 Å². The van der Waals surface area contributed by atoms with Crippen molar-refractivity contribution in [3.8, 4) is 0 Å². The molecule has 1 aliphatic carbocycles. The van der Waals surface area contributed by atoms with Crippen LogP contribution in [-0.4, -0.2) is 37.1 Å². The van der Waals surface area contributed by atoms with Gasteiger partial charge in [0.1, 0.15) is 5.82 Å². The van der Waals surface area contributed by atoms with Crippen LogP contribution in [0.2, 0.25) is 0 Å². The molecule has 7 heteroatoms. The summed E-state index contributed by atoms with van der Waals surface area (Å²) in [5.74, 6) is 1.80. The highest BCUT2D eigenvalue weighted by atomic mass is 32.2. The summed E-state index contributed by atoms with van der Waals surface area (Å²) in [6.07, 6.45) is 3.04. The number of amides is 1. The van der Waals surface area contributed by atoms with Crippen LogP contribution in [0.3, 0.4) is 0 Å². The van der Waals surface area contributed by atoms with Gasteiger partial charge in [0.25, 0.3) is 5.91 Å². The third-order valence-electron chi connectivity index (χ3n) is 6.57. The summed E-state index contributed by atoms with van der Waals surface area (Å²) < 4.78 is 2.03. The molecule has 0 radical (unpaired) electrons. The van der Waals surface area contributed by atoms with Gasteiger partial charge in [0.2, 0.25) is 0 Å². The fourth-order valence-electron chi connectivity index (χ4n) is 4.56. The van der Waals surface area contributed by atoms with Crippen LogP contribution in [0.25, 0.3) is 10.8 Å². The molecule has 34 heavy (non-hydrogen) atoms. The number of carbonyl (C=O) groups excluding carboxylic acids is 1. The minimum atomic E-state index is -0.114. The van der Waals surface area contributed by atoms with Crippen molar-refractivity contribution in [3.63, 3.8) is 0 Å². The number of benzene rings is 3. The van der Waals surface area contributed by atoms with Crippen LogP contribution in [0.4, 0.5) is 0 Å². The molecule has 0 unspecified atom stereocenters. The van der Waals surface area contributed by atoms with Crippen LogP contribution in [-0.2, 0) is 11.8 Å². The van der Waals surface area contributed by atoms with Crippen molar-refractivity contribution < 1.29 is 4.79 Å². The average Bonchev–Trinajstić information content (AvgIpc) is 3.51. The lowest BCUT2D eigenvalue weighted by Crippen LogP contribution is -2.28. The molecule has 6 rings (SSSR count). The van der Waals surface area contributed by atoms with Gasteiger partial charge >= 0.3 is 0 Å². The summed E-state index contributed by atoms with van der Waals surface area (Å²) in [4.78, 5) is 13.4. The summed E-state index contributed by atoms with van der Waals surface area (Å²) in [5, 5.41) is 18.3. The lowest BCUT2D eigenvalue weighted by Gasteiger charge is -2.21. The third-order valence-corrected chi connectivity index (χ3v) is 7.57. The van der Waals surface area contributed by atoms with Gasteiger partial charge in [-0.3, -0.25) is 4.79 Å². The first-order chi connectivity index (χ1) is 16.7. The Morgan fingerprint density at radius 1 is 0.971 bits per heavy atom. The van der Waals surface area contributed by atoms with Gasteiger partial charge in [-0.05, 0) is 40.8 Å². The second-order valence-corrected chi connectivity index (χ2v) is 9.88. The third kappa shape index (κ3) is 4.01. The molecule has 6 nitrogen and oxygen atoms in total. The Morgan fingerprint density at radius 2 is 1.74 bits per heavy atom. The molecule has 0 spiro atoms. The molecular formula is C27H25N5OS. The smallest absolute Gasteiger partial charge is 0.253 e. The molecule has 1 saturated carbocycles. The van der Waals surface area contributed by atoms with Crippen molar-refractivity contribution in [2.45, 2.75) is 36.4 Å². The van der Waals surface area contributed by atoms with E-state index in [0.29, 0.717) is 12.3 Å². The molecule has 0 bridgehead atoms. The van der Waals surface area contributed by atoms with E-state index in [1.807, 2.05) is 41.9 Å². The SMILES string of the molecule is Cn1c(SCC(=O)N2N=C(c3ccc4ccccc4c3)C[C@@H]2c2ccccc2)nnc1C1CC1. The largest absolute Gasteiger partial charge is 0.309 e. The van der Waals surface area contributed by atoms with Crippen LogP contribution >= 0.6 is 11.8 Å². The monoisotopic (exact) mass is 467 g/mol. The van der Waals surface area contributed by atoms with Gasteiger partial charge in [-0.2, -0.15) is 5.10 Å². The molecular weight excluding hydrogens is 442 g/mol. The highest BCUT2D eigenvalue weighted by Crippen LogP contribution is 2.40. The van der Waals surface area contributed by atoms with Crippen LogP contribution in [0.5, 0.6) is 0 Å². The van der Waals surface area contributed by atoms with Gasteiger partial charge in [-0.25, -0.2) is 5.01 Å². The van der Waals surface area contributed by atoms with E-state index in [1.165, 1.54) is 35.4 Å². The number of fused-ring (bicyclic) bond motifs is 1. The standard InChI is InChI=1S/C27H25N5OS/c1-31-26(20-12-13-20)28-29-27(31)34-17-25(33)32-24(19-8-3-2-4-9-19)16-23(30-32)22-14-11-18-7-5-6-10-21(18)15-22/h2-11,14-15,20,24H,12-13,16-17H2,1H3/t24-/m1/s1. The molecule has 4 aromatic rings. The Kier molecular flexibility index (Phi) is 5.41. The summed E-state index contributed by atoms with van der Waals surface area (Å²) in [7, 11) is 1.99. The van der Waals surface area contributed by atoms with Gasteiger partial charge < -0.3 is 4.57 Å². The zero-order valence-electron chi connectivity index (χ0n) is 19.0. The van der Waals surface area contributed by atoms with Gasteiger partial charge in [0.15, 0.2) is 5.16 Å². The molecule has 1 aliphatic heterocycles. The highest BCUT2D eigenvalue weighted by Gasteiger charge is 2.34. The second-order valence-electron chi connectivity index (χ2n) is 8.94. The summed E-state index contributed by atoms with van der Waals surface area (Å²) >= 11 is 1.43. The van der Waals surface area contributed by atoms with Crippen molar-refractivity contribution in [1.82, 2.24) is 19.8 Å². The van der Waals surface area contributed by atoms with Crippen molar-refractivity contribution in [1.29, 1.82) is 0 Å². The van der Waals surface area contributed by atoms with E-state index >= 15 is 0 Å². The maximum Gasteiger partial charge on any atom is 0.253 e. The fraction of sp³-hybridized carbons (Fsp3) is 0.259. The maximum atomic E-state index is 13.4. The lowest BCUT2D eigenvalue weighted by molar-refractivity contribution is -0.130. The van der Waals surface area contributed by atoms with Crippen LogP contribution < -0.4 is 0 Å². The Bertz CT molecular complexity index is 1390. The molecule has 1 atom stereocenters. The van der Waals surface area contributed by atoms with Crippen molar-refractivity contribution >= 4 is 34.2 Å². The second kappa shape index (κ2) is 8.72. The minimum Gasteiger partial charge on any atom is -0.309 e. The van der Waals surface area contributed by atoms with Gasteiger partial charge in [0.05, 0.1) is 17.5 Å². The first-order valence-corrected chi connectivity index (χ1v) is 12.6. The Labute approximate surface area is 202 Å². The van der Waals surface area contributed by atoms with Crippen LogP contribution in [0.1, 0.15) is 48.2 Å². The number of aromatic nitrogens is 3. The average molecular weight is 468 g/mol. The van der Waals surface area contributed by atoms with Gasteiger partial charge in [0, 0.05) is 19.4 Å². The zero-order valence-corrected chi connectivity index (χ0v) is 19.8. The topological polar surface area (TPSA) is 63.4 Å². The quantitative estimate of drug-likeness (QED) is 0.360. The van der Waals surface area contributed by atoms with E-state index in [9.17, 15) is 4.79 Å². The first kappa shape index (κ1) is 21.1. The van der Waals surface area contributed by atoms with E-state index in [4.69, 9.17) is 5.10 Å². The van der Waals surface area contributed by atoms with Crippen molar-refractivity contribution in [3.05, 3.63) is 89.7 Å². The van der Waals surface area contributed by atoms with Crippen LogP contribution in [0, 0.1) is 0 Å². The molecule has 1 amide bonds. The Balaban J connectivity index is 1.26. The Morgan fingerprint density at radius 3 is 2.53 bits per heavy atom. The molecule has 170 valence electrons. The maximum absolute atomic E-state index is 13.4. The van der Waals surface area contributed by atoms with E-state index in [1.54, 1.807) is 5.01 Å². The summed E-state index contributed by atoms with van der Waals surface area (Å²) in [6, 6.07) is 24.7. The molecule has 1 aromatic heterocycles. The number of hydrogen-bond donors (Lipinski definition) is 0. The predicted octanol–water partition coefficient (Wildman–Crippen LogP) is 5.32. The minimum absolute atomic E-state index is 0.0226. The summed E-state index contributed by atoms with van der Waals surface area (Å²) in [5.41, 5.74) is 3.09. The summed E-state index contributed by atoms with van der Waals surface area (Å²) in [6.45, 7) is 0. The zero-order chi connectivity index (χ0) is 23.1. The molecule has 1 fully saturated rings.